The van der Waals surface area contributed by atoms with E-state index in [2.05, 4.69) is 10.3 Å². The molecule has 1 heterocycles. The number of carbonyl (C=O) groups is 1. The van der Waals surface area contributed by atoms with Gasteiger partial charge in [-0.2, -0.15) is 0 Å². The predicted octanol–water partition coefficient (Wildman–Crippen LogP) is 0.921. The lowest BCUT2D eigenvalue weighted by molar-refractivity contribution is -0.117. The third-order valence-electron chi connectivity index (χ3n) is 3.04. The Balaban J connectivity index is 1.97. The van der Waals surface area contributed by atoms with Gasteiger partial charge in [-0.15, -0.1) is 0 Å². The van der Waals surface area contributed by atoms with Gasteiger partial charge in [-0.25, -0.2) is 4.98 Å². The molecule has 0 unspecified atom stereocenters. The molecule has 2 rings (SSSR count). The number of methoxy groups -OCH3 is 1. The summed E-state index contributed by atoms with van der Waals surface area (Å²) < 4.78 is 6.89. The van der Waals surface area contributed by atoms with Gasteiger partial charge in [0.1, 0.15) is 5.82 Å². The van der Waals surface area contributed by atoms with Gasteiger partial charge >= 0.3 is 0 Å². The first-order valence-electron chi connectivity index (χ1n) is 6.34. The molecule has 0 amide bonds. The van der Waals surface area contributed by atoms with Crippen molar-refractivity contribution in [2.24, 2.45) is 7.05 Å². The molecular weight excluding hydrogens is 242 g/mol. The van der Waals surface area contributed by atoms with Crippen molar-refractivity contribution in [3.63, 3.8) is 0 Å². The smallest absolute Gasteiger partial charge is 0.154 e. The van der Waals surface area contributed by atoms with Crippen molar-refractivity contribution in [1.29, 1.82) is 0 Å². The van der Waals surface area contributed by atoms with Gasteiger partial charge < -0.3 is 14.6 Å². The number of Topliss-reactive ketones (excluding diaryl/α,β-unsaturated/α-hetero) is 1. The lowest BCUT2D eigenvalue weighted by Crippen LogP contribution is -2.27. The third kappa shape index (κ3) is 3.39. The standard InChI is InChI=1S/C14H19N3O2/c1-17-13-6-4-3-5-12(13)16-14(17)9-11(18)10-15-7-8-19-2/h3-6,15H,7-10H2,1-2H3. The van der Waals surface area contributed by atoms with Crippen LogP contribution >= 0.6 is 0 Å². The number of nitrogens with one attached hydrogen (secondary N) is 1. The van der Waals surface area contributed by atoms with Gasteiger partial charge in [-0.1, -0.05) is 12.1 Å². The summed E-state index contributed by atoms with van der Waals surface area (Å²) in [6.45, 7) is 1.65. The molecule has 0 aliphatic carbocycles. The molecular formula is C14H19N3O2. The molecule has 0 spiro atoms. The Morgan fingerprint density at radius 3 is 2.95 bits per heavy atom. The van der Waals surface area contributed by atoms with Crippen LogP contribution < -0.4 is 5.32 Å². The fourth-order valence-corrected chi connectivity index (χ4v) is 1.99. The van der Waals surface area contributed by atoms with E-state index in [0.717, 1.165) is 16.9 Å². The first-order chi connectivity index (χ1) is 9.22. The van der Waals surface area contributed by atoms with Crippen LogP contribution in [-0.2, 0) is 23.0 Å². The Morgan fingerprint density at radius 1 is 1.42 bits per heavy atom. The van der Waals surface area contributed by atoms with Crippen LogP contribution in [0.4, 0.5) is 0 Å². The van der Waals surface area contributed by atoms with Crippen molar-refractivity contribution in [3.8, 4) is 0 Å². The number of imidazole rings is 1. The van der Waals surface area contributed by atoms with E-state index in [1.165, 1.54) is 0 Å². The lowest BCUT2D eigenvalue weighted by atomic mass is 10.2. The SMILES string of the molecule is COCCNCC(=O)Cc1nc2ccccc2n1C. The molecule has 102 valence electrons. The minimum atomic E-state index is 0.134. The number of aromatic nitrogens is 2. The van der Waals surface area contributed by atoms with E-state index in [4.69, 9.17) is 4.74 Å². The summed E-state index contributed by atoms with van der Waals surface area (Å²) >= 11 is 0. The van der Waals surface area contributed by atoms with Crippen molar-refractivity contribution >= 4 is 16.8 Å². The second-order valence-electron chi connectivity index (χ2n) is 4.46. The lowest BCUT2D eigenvalue weighted by Gasteiger charge is -2.04. The molecule has 0 saturated heterocycles. The van der Waals surface area contributed by atoms with Crippen LogP contribution in [0.5, 0.6) is 0 Å². The molecule has 19 heavy (non-hydrogen) atoms. The highest BCUT2D eigenvalue weighted by atomic mass is 16.5. The highest BCUT2D eigenvalue weighted by Gasteiger charge is 2.11. The number of ether oxygens (including phenoxy) is 1. The number of ketones is 1. The Bertz CT molecular complexity index is 563. The topological polar surface area (TPSA) is 56.1 Å². The van der Waals surface area contributed by atoms with Gasteiger partial charge in [-0.3, -0.25) is 4.79 Å². The van der Waals surface area contributed by atoms with Crippen molar-refractivity contribution in [2.45, 2.75) is 6.42 Å². The molecule has 2 aromatic rings. The molecule has 0 aliphatic heterocycles. The highest BCUT2D eigenvalue weighted by molar-refractivity contribution is 5.84. The zero-order valence-electron chi connectivity index (χ0n) is 11.3. The van der Waals surface area contributed by atoms with Gasteiger partial charge in [-0.05, 0) is 12.1 Å². The summed E-state index contributed by atoms with van der Waals surface area (Å²) in [5, 5.41) is 3.05. The summed E-state index contributed by atoms with van der Waals surface area (Å²) in [5.74, 6) is 0.939. The second kappa shape index (κ2) is 6.45. The zero-order chi connectivity index (χ0) is 13.7. The maximum atomic E-state index is 11.8. The fraction of sp³-hybridized carbons (Fsp3) is 0.429. The summed E-state index contributed by atoms with van der Waals surface area (Å²) in [7, 11) is 3.58. The maximum absolute atomic E-state index is 11.8. The van der Waals surface area contributed by atoms with Gasteiger partial charge in [0.05, 0.1) is 30.6 Å². The molecule has 1 aromatic carbocycles. The predicted molar refractivity (Wildman–Crippen MR) is 74.2 cm³/mol. The van der Waals surface area contributed by atoms with E-state index in [9.17, 15) is 4.79 Å². The Hall–Kier alpha value is -1.72. The number of rotatable bonds is 7. The Kier molecular flexibility index (Phi) is 4.65. The van der Waals surface area contributed by atoms with Crippen LogP contribution in [0.15, 0.2) is 24.3 Å². The monoisotopic (exact) mass is 261 g/mol. The number of aryl methyl sites for hydroxylation is 1. The number of carbonyl (C=O) groups excluding carboxylic acids is 1. The van der Waals surface area contributed by atoms with Gasteiger partial charge in [0.15, 0.2) is 5.78 Å². The maximum Gasteiger partial charge on any atom is 0.154 e. The summed E-state index contributed by atoms with van der Waals surface area (Å²) in [6, 6.07) is 7.89. The first kappa shape index (κ1) is 13.7. The van der Waals surface area contributed by atoms with E-state index in [0.29, 0.717) is 26.1 Å². The zero-order valence-corrected chi connectivity index (χ0v) is 11.3. The molecule has 0 bridgehead atoms. The summed E-state index contributed by atoms with van der Waals surface area (Å²) in [5.41, 5.74) is 1.98. The minimum Gasteiger partial charge on any atom is -0.383 e. The quantitative estimate of drug-likeness (QED) is 0.753. The minimum absolute atomic E-state index is 0.134. The summed E-state index contributed by atoms with van der Waals surface area (Å²) in [4.78, 5) is 16.3. The van der Waals surface area contributed by atoms with E-state index < -0.39 is 0 Å². The number of benzene rings is 1. The molecule has 1 N–H and O–H groups in total. The number of hydrogen-bond acceptors (Lipinski definition) is 4. The van der Waals surface area contributed by atoms with Crippen molar-refractivity contribution < 1.29 is 9.53 Å². The van der Waals surface area contributed by atoms with E-state index in [1.54, 1.807) is 7.11 Å². The van der Waals surface area contributed by atoms with Crippen LogP contribution in [0.3, 0.4) is 0 Å². The van der Waals surface area contributed by atoms with Crippen LogP contribution in [0.25, 0.3) is 11.0 Å². The van der Waals surface area contributed by atoms with E-state index in [-0.39, 0.29) is 5.78 Å². The van der Waals surface area contributed by atoms with Gasteiger partial charge in [0.2, 0.25) is 0 Å². The van der Waals surface area contributed by atoms with E-state index in [1.807, 2.05) is 35.9 Å². The van der Waals surface area contributed by atoms with Crippen LogP contribution in [0.1, 0.15) is 5.82 Å². The molecule has 5 heteroatoms. The van der Waals surface area contributed by atoms with Crippen molar-refractivity contribution in [1.82, 2.24) is 14.9 Å². The Labute approximate surface area is 112 Å². The van der Waals surface area contributed by atoms with Crippen LogP contribution in [-0.4, -0.2) is 42.1 Å². The number of para-hydroxylation sites is 2. The average Bonchev–Trinajstić information content (AvgIpc) is 2.72. The molecule has 5 nitrogen and oxygen atoms in total. The molecule has 0 atom stereocenters. The van der Waals surface area contributed by atoms with Gasteiger partial charge in [0, 0.05) is 20.7 Å². The second-order valence-corrected chi connectivity index (χ2v) is 4.46. The van der Waals surface area contributed by atoms with Crippen molar-refractivity contribution in [2.75, 3.05) is 26.8 Å². The molecule has 0 radical (unpaired) electrons. The van der Waals surface area contributed by atoms with Crippen LogP contribution in [0.2, 0.25) is 0 Å². The first-order valence-corrected chi connectivity index (χ1v) is 6.34. The Morgan fingerprint density at radius 2 is 2.21 bits per heavy atom. The highest BCUT2D eigenvalue weighted by Crippen LogP contribution is 2.14. The van der Waals surface area contributed by atoms with E-state index >= 15 is 0 Å². The average molecular weight is 261 g/mol. The van der Waals surface area contributed by atoms with Crippen LogP contribution in [0, 0.1) is 0 Å². The number of fused-ring (bicyclic) bond motifs is 1. The fourth-order valence-electron chi connectivity index (χ4n) is 1.99. The number of hydrogen-bond donors (Lipinski definition) is 1. The molecule has 1 aromatic heterocycles. The number of nitrogens with zero attached hydrogens (tertiary/aromatic N) is 2. The molecule has 0 aliphatic rings. The normalized spacial score (nSPS) is 11.1. The van der Waals surface area contributed by atoms with Gasteiger partial charge in [0.25, 0.3) is 0 Å². The summed E-state index contributed by atoms with van der Waals surface area (Å²) in [6.07, 6.45) is 0.352. The molecule has 0 fully saturated rings. The third-order valence-corrected chi connectivity index (χ3v) is 3.04. The van der Waals surface area contributed by atoms with Crippen molar-refractivity contribution in [3.05, 3.63) is 30.1 Å². The largest absolute Gasteiger partial charge is 0.383 e. The molecule has 0 saturated carbocycles.